The molecule has 0 spiro atoms. The second-order valence-corrected chi connectivity index (χ2v) is 21.3. The Labute approximate surface area is 487 Å². The zero-order valence-corrected chi connectivity index (χ0v) is 45.9. The van der Waals surface area contributed by atoms with Crippen molar-refractivity contribution in [1.29, 1.82) is 0 Å². The molecular formula is C78H54N6. The molecule has 0 fully saturated rings. The maximum atomic E-state index is 2.53. The third-order valence-electron chi connectivity index (χ3n) is 16.5. The summed E-state index contributed by atoms with van der Waals surface area (Å²) in [6.07, 6.45) is 0. The van der Waals surface area contributed by atoms with Gasteiger partial charge in [0.05, 0.1) is 33.1 Å². The summed E-state index contributed by atoms with van der Waals surface area (Å²) in [4.78, 5) is 6.99. The number of benzene rings is 13. The lowest BCUT2D eigenvalue weighted by atomic mass is 10.0. The number of hydrogen-bond acceptors (Lipinski definition) is 3. The first-order valence-corrected chi connectivity index (χ1v) is 28.7. The first-order valence-electron chi connectivity index (χ1n) is 28.7. The van der Waals surface area contributed by atoms with Gasteiger partial charge in [-0.25, -0.2) is 0 Å². The van der Waals surface area contributed by atoms with Gasteiger partial charge in [0.2, 0.25) is 0 Å². The molecule has 6 nitrogen and oxygen atoms in total. The molecule has 0 saturated heterocycles. The normalized spacial score (nSPS) is 11.6. The molecule has 3 heterocycles. The van der Waals surface area contributed by atoms with E-state index >= 15 is 0 Å². The predicted molar refractivity (Wildman–Crippen MR) is 354 cm³/mol. The molecule has 0 bridgehead atoms. The third-order valence-corrected chi connectivity index (χ3v) is 16.5. The lowest BCUT2D eigenvalue weighted by Crippen LogP contribution is -2.09. The summed E-state index contributed by atoms with van der Waals surface area (Å²) in [5, 5.41) is 7.14. The monoisotopic (exact) mass is 1070 g/mol. The minimum Gasteiger partial charge on any atom is -0.311 e. The van der Waals surface area contributed by atoms with Crippen LogP contribution in [0.25, 0.3) is 82.5 Å². The van der Waals surface area contributed by atoms with E-state index < -0.39 is 0 Å². The van der Waals surface area contributed by atoms with Crippen LogP contribution in [-0.4, -0.2) is 13.7 Å². The predicted octanol–water partition coefficient (Wildman–Crippen LogP) is 21.4. The average molecular weight is 1080 g/mol. The number of rotatable bonds is 12. The van der Waals surface area contributed by atoms with Gasteiger partial charge >= 0.3 is 0 Å². The Balaban J connectivity index is 0.994. The van der Waals surface area contributed by atoms with E-state index in [2.05, 4.69) is 356 Å². The average Bonchev–Trinajstić information content (AvgIpc) is 4.29. The van der Waals surface area contributed by atoms with Crippen LogP contribution in [0.3, 0.4) is 0 Å². The van der Waals surface area contributed by atoms with Gasteiger partial charge in [0, 0.05) is 101 Å². The van der Waals surface area contributed by atoms with Crippen molar-refractivity contribution in [3.05, 3.63) is 328 Å². The molecule has 0 aliphatic heterocycles. The fourth-order valence-electron chi connectivity index (χ4n) is 13.0. The lowest BCUT2D eigenvalue weighted by Gasteiger charge is -2.25. The molecule has 0 radical (unpaired) electrons. The lowest BCUT2D eigenvalue weighted by molar-refractivity contribution is 1.16. The van der Waals surface area contributed by atoms with Gasteiger partial charge in [0.25, 0.3) is 0 Å². The Morgan fingerprint density at radius 1 is 0.167 bits per heavy atom. The first-order chi connectivity index (χ1) is 41.7. The van der Waals surface area contributed by atoms with Gasteiger partial charge in [-0.05, 0) is 164 Å². The Morgan fingerprint density at radius 2 is 0.345 bits per heavy atom. The van der Waals surface area contributed by atoms with Gasteiger partial charge in [-0.2, -0.15) is 0 Å². The summed E-state index contributed by atoms with van der Waals surface area (Å²) in [6, 6.07) is 118. The fraction of sp³-hybridized carbons (Fsp3) is 0. The third kappa shape index (κ3) is 7.95. The molecule has 13 aromatic carbocycles. The van der Waals surface area contributed by atoms with Gasteiger partial charge in [0.15, 0.2) is 0 Å². The Bertz CT molecular complexity index is 4360. The second kappa shape index (κ2) is 20.3. The van der Waals surface area contributed by atoms with E-state index in [4.69, 9.17) is 0 Å². The van der Waals surface area contributed by atoms with Crippen LogP contribution >= 0.6 is 0 Å². The topological polar surface area (TPSA) is 24.5 Å². The summed E-state index contributed by atoms with van der Waals surface area (Å²) in [6.45, 7) is 0. The van der Waals surface area contributed by atoms with Crippen LogP contribution < -0.4 is 14.7 Å². The molecule has 0 aliphatic carbocycles. The van der Waals surface area contributed by atoms with Gasteiger partial charge in [0.1, 0.15) is 0 Å². The van der Waals surface area contributed by atoms with Gasteiger partial charge in [-0.15, -0.1) is 0 Å². The molecule has 396 valence electrons. The zero-order chi connectivity index (χ0) is 55.5. The van der Waals surface area contributed by atoms with Crippen LogP contribution in [0.2, 0.25) is 0 Å². The van der Waals surface area contributed by atoms with E-state index in [1.807, 2.05) is 0 Å². The van der Waals surface area contributed by atoms with E-state index in [0.717, 1.165) is 101 Å². The van der Waals surface area contributed by atoms with E-state index in [1.165, 1.54) is 32.3 Å². The van der Waals surface area contributed by atoms with Crippen molar-refractivity contribution >= 4 is 117 Å². The summed E-state index contributed by atoms with van der Waals surface area (Å²) in [5.41, 5.74) is 19.9. The molecule has 0 amide bonds. The van der Waals surface area contributed by atoms with Crippen molar-refractivity contribution in [2.75, 3.05) is 14.7 Å². The van der Waals surface area contributed by atoms with E-state index in [0.29, 0.717) is 0 Å². The highest BCUT2D eigenvalue weighted by molar-refractivity contribution is 6.40. The summed E-state index contributed by atoms with van der Waals surface area (Å²) in [7, 11) is 0. The largest absolute Gasteiger partial charge is 0.311 e. The molecule has 6 heteroatoms. The van der Waals surface area contributed by atoms with Crippen molar-refractivity contribution in [1.82, 2.24) is 13.7 Å². The molecule has 3 aromatic heterocycles. The van der Waals surface area contributed by atoms with Crippen molar-refractivity contribution in [2.24, 2.45) is 0 Å². The van der Waals surface area contributed by atoms with Crippen LogP contribution in [0.4, 0.5) is 51.2 Å². The highest BCUT2D eigenvalue weighted by Gasteiger charge is 2.29. The molecule has 16 aromatic rings. The Morgan fingerprint density at radius 3 is 0.560 bits per heavy atom. The van der Waals surface area contributed by atoms with Crippen LogP contribution in [0, 0.1) is 0 Å². The number of nitrogens with zero attached hydrogens (tertiary/aromatic N) is 6. The summed E-state index contributed by atoms with van der Waals surface area (Å²) in [5.74, 6) is 0. The second-order valence-electron chi connectivity index (χ2n) is 21.3. The smallest absolute Gasteiger partial charge is 0.0663 e. The van der Waals surface area contributed by atoms with E-state index in [-0.39, 0.29) is 0 Å². The van der Waals surface area contributed by atoms with Gasteiger partial charge in [-0.3, -0.25) is 0 Å². The number of hydrogen-bond donors (Lipinski definition) is 0. The number of aromatic nitrogens is 3. The molecule has 0 unspecified atom stereocenters. The molecular weight excluding hydrogens is 1020 g/mol. The van der Waals surface area contributed by atoms with Crippen LogP contribution in [0.15, 0.2) is 328 Å². The molecule has 0 atom stereocenters. The zero-order valence-electron chi connectivity index (χ0n) is 45.9. The summed E-state index contributed by atoms with van der Waals surface area (Å²) < 4.78 is 7.60. The minimum atomic E-state index is 1.07. The molecule has 0 saturated carbocycles. The Kier molecular flexibility index (Phi) is 11.8. The first kappa shape index (κ1) is 48.6. The van der Waals surface area contributed by atoms with Crippen LogP contribution in [0.5, 0.6) is 0 Å². The van der Waals surface area contributed by atoms with Crippen LogP contribution in [0.1, 0.15) is 0 Å². The number of fused-ring (bicyclic) bond motifs is 12. The highest BCUT2D eigenvalue weighted by Crippen LogP contribution is 2.51. The molecule has 16 rings (SSSR count). The van der Waals surface area contributed by atoms with Crippen molar-refractivity contribution in [2.45, 2.75) is 0 Å². The highest BCUT2D eigenvalue weighted by atomic mass is 15.2. The SMILES string of the molecule is c1ccc(N(c2ccccc2)c2ccc(-n3c4ccccc4c4c3c3c5ccccc5n(-c5ccc(N(c6ccccc6)c6ccccc6)cc5)c3c3c5ccccc5n(-c5ccc(N(c6ccccc6)c6ccccc6)cc5)c43)cc2)cc1. The molecule has 84 heavy (non-hydrogen) atoms. The number of anilines is 9. The van der Waals surface area contributed by atoms with Crippen LogP contribution in [-0.2, 0) is 0 Å². The maximum absolute atomic E-state index is 2.53. The van der Waals surface area contributed by atoms with Crippen molar-refractivity contribution in [3.8, 4) is 17.1 Å². The van der Waals surface area contributed by atoms with E-state index in [1.54, 1.807) is 0 Å². The number of para-hydroxylation sites is 9. The quantitative estimate of drug-likeness (QED) is 0.122. The fourth-order valence-corrected chi connectivity index (χ4v) is 13.0. The van der Waals surface area contributed by atoms with E-state index in [9.17, 15) is 0 Å². The van der Waals surface area contributed by atoms with Crippen molar-refractivity contribution < 1.29 is 0 Å². The Hall–Kier alpha value is -11.3. The standard InChI is InChI=1S/C78H54N6/c1-7-25-55(26-8-1)79(56-27-9-2-10-28-56)61-43-49-64(50-44-61)82-70-40-22-19-37-67(70)73-76(82)74-68-38-20-23-41-71(68)83(65-51-45-62(46-52-65)80(57-29-11-3-12-30-57)58-31-13-4-14-32-58)78(74)75-69-39-21-24-42-72(69)84(77(73)75)66-53-47-63(48-54-66)81(59-33-15-5-16-34-59)60-35-17-6-18-36-60/h1-54H. The molecule has 0 aliphatic rings. The molecule has 0 N–H and O–H groups in total. The van der Waals surface area contributed by atoms with Gasteiger partial charge in [-0.1, -0.05) is 164 Å². The summed E-state index contributed by atoms with van der Waals surface area (Å²) >= 11 is 0. The van der Waals surface area contributed by atoms with Crippen molar-refractivity contribution in [3.63, 3.8) is 0 Å². The maximum Gasteiger partial charge on any atom is 0.0663 e. The minimum absolute atomic E-state index is 1.07. The van der Waals surface area contributed by atoms with Gasteiger partial charge < -0.3 is 28.4 Å².